The Kier molecular flexibility index (Phi) is 3.39. The van der Waals surface area contributed by atoms with Gasteiger partial charge in [0, 0.05) is 18.7 Å². The van der Waals surface area contributed by atoms with Crippen LogP contribution in [0.1, 0.15) is 43.6 Å². The van der Waals surface area contributed by atoms with Gasteiger partial charge in [0.05, 0.1) is 6.17 Å². The molecular formula is C16H23N5. The molecule has 0 aromatic carbocycles. The Morgan fingerprint density at radius 2 is 2.24 bits per heavy atom. The van der Waals surface area contributed by atoms with Crippen LogP contribution in [-0.4, -0.2) is 46.1 Å². The maximum Gasteiger partial charge on any atom is 0.161 e. The van der Waals surface area contributed by atoms with E-state index in [2.05, 4.69) is 32.9 Å². The monoisotopic (exact) mass is 285 g/mol. The Morgan fingerprint density at radius 3 is 3.05 bits per heavy atom. The van der Waals surface area contributed by atoms with Crippen LogP contribution in [0.4, 0.5) is 0 Å². The SMILES string of the molecule is CN1CCCCC1n1c(C2CCNC2)nc2cccnc21. The van der Waals surface area contributed by atoms with E-state index in [-0.39, 0.29) is 0 Å². The standard InChI is InChI=1S/C16H23N5/c1-20-10-3-2-6-14(20)21-15(12-7-9-17-11-12)19-13-5-4-8-18-16(13)21/h4-5,8,12,14,17H,2-3,6-7,9-11H2,1H3. The first-order chi connectivity index (χ1) is 10.3. The molecule has 2 aromatic rings. The van der Waals surface area contributed by atoms with E-state index in [1.165, 1.54) is 38.1 Å². The third-order valence-corrected chi connectivity index (χ3v) is 4.93. The van der Waals surface area contributed by atoms with Crippen LogP contribution in [0.15, 0.2) is 18.3 Å². The zero-order valence-electron chi connectivity index (χ0n) is 12.6. The molecule has 2 aliphatic rings. The molecule has 5 nitrogen and oxygen atoms in total. The summed E-state index contributed by atoms with van der Waals surface area (Å²) in [5, 5.41) is 3.47. The van der Waals surface area contributed by atoms with E-state index in [0.717, 1.165) is 24.3 Å². The van der Waals surface area contributed by atoms with E-state index < -0.39 is 0 Å². The van der Waals surface area contributed by atoms with Crippen molar-refractivity contribution in [3.63, 3.8) is 0 Å². The van der Waals surface area contributed by atoms with Crippen molar-refractivity contribution in [1.82, 2.24) is 24.8 Å². The van der Waals surface area contributed by atoms with Gasteiger partial charge in [-0.3, -0.25) is 9.47 Å². The van der Waals surface area contributed by atoms with Gasteiger partial charge in [0.25, 0.3) is 0 Å². The Balaban J connectivity index is 1.85. The summed E-state index contributed by atoms with van der Waals surface area (Å²) >= 11 is 0. The fourth-order valence-corrected chi connectivity index (χ4v) is 3.79. The van der Waals surface area contributed by atoms with Gasteiger partial charge in [0.2, 0.25) is 0 Å². The highest BCUT2D eigenvalue weighted by Gasteiger charge is 2.30. The summed E-state index contributed by atoms with van der Waals surface area (Å²) in [6.07, 6.45) is 7.28. The molecule has 4 heterocycles. The molecule has 0 saturated carbocycles. The molecule has 0 amide bonds. The van der Waals surface area contributed by atoms with Gasteiger partial charge in [0.1, 0.15) is 11.3 Å². The number of pyridine rings is 1. The van der Waals surface area contributed by atoms with E-state index in [0.29, 0.717) is 12.1 Å². The van der Waals surface area contributed by atoms with Crippen molar-refractivity contribution in [2.45, 2.75) is 37.8 Å². The van der Waals surface area contributed by atoms with Gasteiger partial charge in [-0.1, -0.05) is 0 Å². The van der Waals surface area contributed by atoms with E-state index >= 15 is 0 Å². The quantitative estimate of drug-likeness (QED) is 0.918. The fourth-order valence-electron chi connectivity index (χ4n) is 3.79. The Bertz CT molecular complexity index is 629. The van der Waals surface area contributed by atoms with Crippen LogP contribution in [0.5, 0.6) is 0 Å². The topological polar surface area (TPSA) is 46.0 Å². The largest absolute Gasteiger partial charge is 0.316 e. The molecule has 2 unspecified atom stereocenters. The van der Waals surface area contributed by atoms with Crippen LogP contribution in [-0.2, 0) is 0 Å². The molecule has 5 heteroatoms. The second-order valence-corrected chi connectivity index (χ2v) is 6.33. The molecule has 2 aliphatic heterocycles. The van der Waals surface area contributed by atoms with Crippen molar-refractivity contribution in [2.24, 2.45) is 0 Å². The van der Waals surface area contributed by atoms with Gasteiger partial charge < -0.3 is 5.32 Å². The first kappa shape index (κ1) is 13.2. The smallest absolute Gasteiger partial charge is 0.161 e. The van der Waals surface area contributed by atoms with Crippen molar-refractivity contribution in [1.29, 1.82) is 0 Å². The molecule has 112 valence electrons. The minimum Gasteiger partial charge on any atom is -0.316 e. The zero-order valence-corrected chi connectivity index (χ0v) is 12.6. The lowest BCUT2D eigenvalue weighted by Gasteiger charge is -2.35. The maximum absolute atomic E-state index is 4.94. The molecule has 0 radical (unpaired) electrons. The average Bonchev–Trinajstić information content (AvgIpc) is 3.15. The lowest BCUT2D eigenvalue weighted by atomic mass is 10.1. The predicted molar refractivity (Wildman–Crippen MR) is 83.3 cm³/mol. The van der Waals surface area contributed by atoms with Crippen molar-refractivity contribution in [3.05, 3.63) is 24.2 Å². The highest BCUT2D eigenvalue weighted by Crippen LogP contribution is 2.33. The maximum atomic E-state index is 4.94. The Hall–Kier alpha value is -1.46. The molecule has 2 fully saturated rings. The van der Waals surface area contributed by atoms with Crippen LogP contribution in [0.25, 0.3) is 11.2 Å². The lowest BCUT2D eigenvalue weighted by molar-refractivity contribution is 0.126. The van der Waals surface area contributed by atoms with E-state index in [1.54, 1.807) is 0 Å². The normalized spacial score (nSPS) is 27.5. The highest BCUT2D eigenvalue weighted by molar-refractivity contribution is 5.71. The number of likely N-dealkylation sites (tertiary alicyclic amines) is 1. The van der Waals surface area contributed by atoms with Gasteiger partial charge in [-0.15, -0.1) is 0 Å². The number of nitrogens with one attached hydrogen (secondary N) is 1. The number of imidazole rings is 1. The number of hydrogen-bond acceptors (Lipinski definition) is 4. The molecule has 2 atom stereocenters. The lowest BCUT2D eigenvalue weighted by Crippen LogP contribution is -2.35. The van der Waals surface area contributed by atoms with E-state index in [9.17, 15) is 0 Å². The molecule has 4 rings (SSSR count). The molecule has 2 aromatic heterocycles. The average molecular weight is 285 g/mol. The summed E-state index contributed by atoms with van der Waals surface area (Å²) in [5.41, 5.74) is 2.09. The van der Waals surface area contributed by atoms with Crippen LogP contribution in [0, 0.1) is 0 Å². The summed E-state index contributed by atoms with van der Waals surface area (Å²) in [7, 11) is 2.23. The highest BCUT2D eigenvalue weighted by atomic mass is 15.3. The number of rotatable bonds is 2. The molecule has 1 N–H and O–H groups in total. The third-order valence-electron chi connectivity index (χ3n) is 4.93. The summed E-state index contributed by atoms with van der Waals surface area (Å²) < 4.78 is 2.42. The first-order valence-electron chi connectivity index (χ1n) is 8.08. The second-order valence-electron chi connectivity index (χ2n) is 6.33. The van der Waals surface area contributed by atoms with Crippen molar-refractivity contribution in [3.8, 4) is 0 Å². The van der Waals surface area contributed by atoms with Gasteiger partial charge >= 0.3 is 0 Å². The van der Waals surface area contributed by atoms with Crippen molar-refractivity contribution >= 4 is 11.2 Å². The molecular weight excluding hydrogens is 262 g/mol. The van der Waals surface area contributed by atoms with Gasteiger partial charge in [-0.05, 0) is 58.0 Å². The molecule has 21 heavy (non-hydrogen) atoms. The molecule has 0 spiro atoms. The Morgan fingerprint density at radius 1 is 1.29 bits per heavy atom. The Labute approximate surface area is 125 Å². The molecule has 0 aliphatic carbocycles. The fraction of sp³-hybridized carbons (Fsp3) is 0.625. The predicted octanol–water partition coefficient (Wildman–Crippen LogP) is 2.12. The second kappa shape index (κ2) is 5.39. The number of piperidine rings is 1. The minimum atomic E-state index is 0.411. The van der Waals surface area contributed by atoms with Gasteiger partial charge in [-0.2, -0.15) is 0 Å². The number of fused-ring (bicyclic) bond motifs is 1. The number of aromatic nitrogens is 3. The summed E-state index contributed by atoms with van der Waals surface area (Å²) in [4.78, 5) is 12.0. The summed E-state index contributed by atoms with van der Waals surface area (Å²) in [6.45, 7) is 3.31. The van der Waals surface area contributed by atoms with E-state index in [1.807, 2.05) is 12.3 Å². The van der Waals surface area contributed by atoms with Crippen molar-refractivity contribution in [2.75, 3.05) is 26.7 Å². The molecule has 0 bridgehead atoms. The zero-order chi connectivity index (χ0) is 14.2. The van der Waals surface area contributed by atoms with Crippen LogP contribution < -0.4 is 5.32 Å². The van der Waals surface area contributed by atoms with Gasteiger partial charge in [0.15, 0.2) is 5.65 Å². The van der Waals surface area contributed by atoms with Crippen LogP contribution >= 0.6 is 0 Å². The third kappa shape index (κ3) is 2.24. The number of nitrogens with zero attached hydrogens (tertiary/aromatic N) is 4. The minimum absolute atomic E-state index is 0.411. The van der Waals surface area contributed by atoms with Gasteiger partial charge in [-0.25, -0.2) is 9.97 Å². The van der Waals surface area contributed by atoms with Crippen LogP contribution in [0.2, 0.25) is 0 Å². The number of hydrogen-bond donors (Lipinski definition) is 1. The van der Waals surface area contributed by atoms with E-state index in [4.69, 9.17) is 4.98 Å². The van der Waals surface area contributed by atoms with Crippen molar-refractivity contribution < 1.29 is 0 Å². The summed E-state index contributed by atoms with van der Waals surface area (Å²) in [5.74, 6) is 1.75. The first-order valence-corrected chi connectivity index (χ1v) is 8.08. The molecule has 2 saturated heterocycles. The van der Waals surface area contributed by atoms with Crippen LogP contribution in [0.3, 0.4) is 0 Å². The summed E-state index contributed by atoms with van der Waals surface area (Å²) in [6, 6.07) is 4.08.